The number of hydrogen-bond donors (Lipinski definition) is 0. The highest BCUT2D eigenvalue weighted by molar-refractivity contribution is 5.21. The topological polar surface area (TPSA) is 13.0 Å². The number of piperazine rings is 2. The maximum absolute atomic E-state index is 2.89. The Hall–Kier alpha value is -0.160. The van der Waals surface area contributed by atoms with Gasteiger partial charge in [0.15, 0.2) is 0 Å². The van der Waals surface area contributed by atoms with Crippen LogP contribution in [0.15, 0.2) is 0 Å². The summed E-state index contributed by atoms with van der Waals surface area (Å²) in [6, 6.07) is 0. The highest BCUT2D eigenvalue weighted by Crippen LogP contribution is 2.55. The van der Waals surface area contributed by atoms with E-state index < -0.39 is 0 Å². The van der Waals surface area contributed by atoms with E-state index in [0.29, 0.717) is 11.3 Å². The molecule has 5 fully saturated rings. The van der Waals surface area contributed by atoms with Gasteiger partial charge in [0.1, 0.15) is 11.3 Å². The normalized spacial score (nSPS) is 48.0. The molecule has 19 heavy (non-hydrogen) atoms. The summed E-state index contributed by atoms with van der Waals surface area (Å²) in [5, 5.41) is 0. The van der Waals surface area contributed by atoms with E-state index >= 15 is 0 Å². The van der Waals surface area contributed by atoms with Crippen LogP contribution in [0, 0.1) is 0 Å². The summed E-state index contributed by atoms with van der Waals surface area (Å²) in [6.45, 7) is 10.6. The van der Waals surface area contributed by atoms with Crippen molar-refractivity contribution in [1.82, 2.24) is 19.6 Å². The van der Waals surface area contributed by atoms with E-state index in [-0.39, 0.29) is 0 Å². The van der Waals surface area contributed by atoms with Gasteiger partial charge in [-0.25, -0.2) is 0 Å². The average Bonchev–Trinajstić information content (AvgIpc) is 2.83. The zero-order chi connectivity index (χ0) is 12.5. The minimum Gasteiger partial charge on any atom is -0.281 e. The molecule has 0 N–H and O–H groups in total. The van der Waals surface area contributed by atoms with Crippen LogP contribution in [-0.4, -0.2) is 83.3 Å². The van der Waals surface area contributed by atoms with Crippen LogP contribution in [0.25, 0.3) is 0 Å². The predicted molar refractivity (Wildman–Crippen MR) is 74.8 cm³/mol. The SMILES string of the molecule is C1CN2CCN3CCN4CCN(C1)C21CCCCC341. The Kier molecular flexibility index (Phi) is 2.26. The molecule has 106 valence electrons. The lowest BCUT2D eigenvalue weighted by Gasteiger charge is -2.72. The molecule has 0 unspecified atom stereocenters. The maximum atomic E-state index is 2.89. The minimum absolute atomic E-state index is 0.385. The van der Waals surface area contributed by atoms with Crippen LogP contribution in [0.3, 0.4) is 0 Å². The molecule has 1 aliphatic carbocycles. The molecule has 0 bridgehead atoms. The standard InChI is InChI=1S/C15H26N4/c1-2-5-15-14(4-1)16-6-3-7-17(14)9-11-19(15)13-12-18(15)10-8-16/h1-13H2. The fraction of sp³-hybridized carbons (Fsp3) is 1.00. The van der Waals surface area contributed by atoms with Gasteiger partial charge < -0.3 is 0 Å². The quantitative estimate of drug-likeness (QED) is 0.634. The summed E-state index contributed by atoms with van der Waals surface area (Å²) < 4.78 is 0. The zero-order valence-electron chi connectivity index (χ0n) is 12.0. The first-order valence-corrected chi connectivity index (χ1v) is 8.38. The molecular formula is C15H26N4. The van der Waals surface area contributed by atoms with Gasteiger partial charge in [0, 0.05) is 52.4 Å². The molecule has 0 aromatic carbocycles. The Bertz CT molecular complexity index is 372. The first-order chi connectivity index (χ1) is 9.38. The Balaban J connectivity index is 1.71. The van der Waals surface area contributed by atoms with Gasteiger partial charge in [-0.05, 0) is 32.1 Å². The van der Waals surface area contributed by atoms with Gasteiger partial charge in [-0.3, -0.25) is 19.6 Å². The third-order valence-electron chi connectivity index (χ3n) is 6.81. The second-order valence-electron chi connectivity index (χ2n) is 7.14. The number of hydrogen-bond acceptors (Lipinski definition) is 4. The molecule has 0 amide bonds. The molecule has 5 aliphatic rings. The molecule has 0 atom stereocenters. The van der Waals surface area contributed by atoms with Crippen LogP contribution in [0.4, 0.5) is 0 Å². The van der Waals surface area contributed by atoms with Gasteiger partial charge in [-0.2, -0.15) is 0 Å². The van der Waals surface area contributed by atoms with Crippen molar-refractivity contribution >= 4 is 0 Å². The van der Waals surface area contributed by atoms with Gasteiger partial charge in [-0.1, -0.05) is 0 Å². The zero-order valence-corrected chi connectivity index (χ0v) is 12.0. The Morgan fingerprint density at radius 2 is 0.789 bits per heavy atom. The monoisotopic (exact) mass is 262 g/mol. The molecule has 4 saturated heterocycles. The fourth-order valence-corrected chi connectivity index (χ4v) is 6.29. The lowest BCUT2D eigenvalue weighted by atomic mass is 9.70. The van der Waals surface area contributed by atoms with Crippen molar-refractivity contribution in [1.29, 1.82) is 0 Å². The van der Waals surface area contributed by atoms with Gasteiger partial charge in [-0.15, -0.1) is 0 Å². The molecule has 4 heterocycles. The van der Waals surface area contributed by atoms with Crippen molar-refractivity contribution in [3.05, 3.63) is 0 Å². The van der Waals surface area contributed by atoms with E-state index in [1.54, 1.807) is 0 Å². The highest BCUT2D eigenvalue weighted by Gasteiger charge is 2.70. The number of rotatable bonds is 0. The van der Waals surface area contributed by atoms with Gasteiger partial charge in [0.2, 0.25) is 0 Å². The van der Waals surface area contributed by atoms with Crippen molar-refractivity contribution in [2.75, 3.05) is 52.4 Å². The molecular weight excluding hydrogens is 236 g/mol. The Morgan fingerprint density at radius 1 is 0.421 bits per heavy atom. The first kappa shape index (κ1) is 11.5. The van der Waals surface area contributed by atoms with Gasteiger partial charge >= 0.3 is 0 Å². The van der Waals surface area contributed by atoms with Gasteiger partial charge in [0.05, 0.1) is 0 Å². The molecule has 4 nitrogen and oxygen atoms in total. The van der Waals surface area contributed by atoms with Crippen LogP contribution < -0.4 is 0 Å². The van der Waals surface area contributed by atoms with Crippen molar-refractivity contribution in [2.24, 2.45) is 0 Å². The first-order valence-electron chi connectivity index (χ1n) is 8.38. The molecule has 5 rings (SSSR count). The molecule has 4 aliphatic heterocycles. The summed E-state index contributed by atoms with van der Waals surface area (Å²) in [4.78, 5) is 11.5. The maximum Gasteiger partial charge on any atom is 0.107 e. The smallest absolute Gasteiger partial charge is 0.107 e. The van der Waals surface area contributed by atoms with E-state index in [1.165, 1.54) is 84.5 Å². The molecule has 1 saturated carbocycles. The Morgan fingerprint density at radius 3 is 1.21 bits per heavy atom. The fourth-order valence-electron chi connectivity index (χ4n) is 6.29. The molecule has 0 radical (unpaired) electrons. The minimum atomic E-state index is 0.385. The van der Waals surface area contributed by atoms with Crippen molar-refractivity contribution in [2.45, 2.75) is 43.4 Å². The lowest BCUT2D eigenvalue weighted by Crippen LogP contribution is -2.88. The number of nitrogens with zero attached hydrogens (tertiary/aromatic N) is 4. The van der Waals surface area contributed by atoms with E-state index in [9.17, 15) is 0 Å². The average molecular weight is 262 g/mol. The molecule has 4 heteroatoms. The van der Waals surface area contributed by atoms with Crippen LogP contribution in [0.5, 0.6) is 0 Å². The van der Waals surface area contributed by atoms with E-state index in [2.05, 4.69) is 19.6 Å². The Labute approximate surface area is 116 Å². The third-order valence-corrected chi connectivity index (χ3v) is 6.81. The van der Waals surface area contributed by atoms with Crippen molar-refractivity contribution in [3.63, 3.8) is 0 Å². The second kappa shape index (κ2) is 3.73. The molecule has 0 aromatic rings. The van der Waals surface area contributed by atoms with E-state index in [0.717, 1.165) is 0 Å². The largest absolute Gasteiger partial charge is 0.281 e. The molecule has 0 aromatic heterocycles. The van der Waals surface area contributed by atoms with Crippen LogP contribution in [-0.2, 0) is 0 Å². The van der Waals surface area contributed by atoms with Gasteiger partial charge in [0.25, 0.3) is 0 Å². The highest BCUT2D eigenvalue weighted by atomic mass is 15.6. The summed E-state index contributed by atoms with van der Waals surface area (Å²) >= 11 is 0. The van der Waals surface area contributed by atoms with E-state index in [4.69, 9.17) is 0 Å². The van der Waals surface area contributed by atoms with Crippen molar-refractivity contribution in [3.8, 4) is 0 Å². The summed E-state index contributed by atoms with van der Waals surface area (Å²) in [7, 11) is 0. The van der Waals surface area contributed by atoms with Crippen molar-refractivity contribution < 1.29 is 0 Å². The summed E-state index contributed by atoms with van der Waals surface area (Å²) in [6.07, 6.45) is 7.10. The van der Waals surface area contributed by atoms with E-state index in [1.807, 2.05) is 0 Å². The van der Waals surface area contributed by atoms with Crippen LogP contribution in [0.2, 0.25) is 0 Å². The second-order valence-corrected chi connectivity index (χ2v) is 7.14. The lowest BCUT2D eigenvalue weighted by molar-refractivity contribution is -0.280. The van der Waals surface area contributed by atoms with Crippen LogP contribution >= 0.6 is 0 Å². The van der Waals surface area contributed by atoms with Crippen LogP contribution in [0.1, 0.15) is 32.1 Å². The third kappa shape index (κ3) is 1.13. The summed E-state index contributed by atoms with van der Waals surface area (Å²) in [5.41, 5.74) is 0.776. The molecule has 2 spiro atoms. The summed E-state index contributed by atoms with van der Waals surface area (Å²) in [5.74, 6) is 0. The predicted octanol–water partition coefficient (Wildman–Crippen LogP) is 0.606.